The van der Waals surface area contributed by atoms with Crippen molar-refractivity contribution in [1.82, 2.24) is 5.32 Å². The van der Waals surface area contributed by atoms with Gasteiger partial charge in [-0.15, -0.1) is 0 Å². The second kappa shape index (κ2) is 13.2. The number of nitrogens with one attached hydrogen (secondary N) is 1. The third kappa shape index (κ3) is 10.3. The molecule has 3 heteroatoms. The van der Waals surface area contributed by atoms with Crippen molar-refractivity contribution in [3.63, 3.8) is 0 Å². The Labute approximate surface area is 178 Å². The summed E-state index contributed by atoms with van der Waals surface area (Å²) in [7, 11) is 4.39. The molecule has 2 atom stereocenters. The molecule has 0 heterocycles. The minimum Gasteiger partial charge on any atom is -0.350 e. The number of carbonyl (C=O) groups excluding carboxylic acids is 1. The summed E-state index contributed by atoms with van der Waals surface area (Å²) in [6.07, 6.45) is 2.12. The van der Waals surface area contributed by atoms with Crippen LogP contribution in [0.25, 0.3) is 0 Å². The second-order valence-corrected chi connectivity index (χ2v) is 8.62. The molecule has 0 fully saturated rings. The highest BCUT2D eigenvalue weighted by Crippen LogP contribution is 2.16. The molecule has 160 valence electrons. The number of likely N-dealkylation sites (N-methyl/N-ethyl adjacent to an activating group) is 1. The lowest BCUT2D eigenvalue weighted by molar-refractivity contribution is -0.902. The highest BCUT2D eigenvalue weighted by molar-refractivity contribution is 5.78. The van der Waals surface area contributed by atoms with Crippen LogP contribution in [-0.4, -0.2) is 37.6 Å². The molecule has 1 N–H and O–H groups in total. The van der Waals surface area contributed by atoms with Crippen molar-refractivity contribution in [2.24, 2.45) is 5.92 Å². The maximum atomic E-state index is 11.7. The van der Waals surface area contributed by atoms with Gasteiger partial charge < -0.3 is 9.80 Å². The van der Waals surface area contributed by atoms with Crippen molar-refractivity contribution in [2.45, 2.75) is 53.0 Å². The summed E-state index contributed by atoms with van der Waals surface area (Å²) >= 11 is 0. The normalized spacial score (nSPS) is 13.0. The van der Waals surface area contributed by atoms with Gasteiger partial charge in [0.15, 0.2) is 0 Å². The summed E-state index contributed by atoms with van der Waals surface area (Å²) in [6, 6.07) is 21.1. The lowest BCUT2D eigenvalue weighted by atomic mass is 9.99. The van der Waals surface area contributed by atoms with Crippen LogP contribution in [-0.2, 0) is 11.3 Å². The predicted octanol–water partition coefficient (Wildman–Crippen LogP) is 5.63. The van der Waals surface area contributed by atoms with E-state index in [9.17, 15) is 4.79 Å². The van der Waals surface area contributed by atoms with Gasteiger partial charge in [-0.3, -0.25) is 4.79 Å². The van der Waals surface area contributed by atoms with E-state index in [1.165, 1.54) is 17.5 Å². The first-order chi connectivity index (χ1) is 13.8. The Bertz CT molecular complexity index is 682. The number of rotatable bonds is 9. The maximum absolute atomic E-state index is 11.7. The van der Waals surface area contributed by atoms with Gasteiger partial charge >= 0.3 is 0 Å². The van der Waals surface area contributed by atoms with Crippen LogP contribution in [0.5, 0.6) is 0 Å². The highest BCUT2D eigenvalue weighted by Gasteiger charge is 2.17. The summed E-state index contributed by atoms with van der Waals surface area (Å²) in [6.45, 7) is 11.2. The van der Waals surface area contributed by atoms with Crippen LogP contribution in [0.2, 0.25) is 0 Å². The van der Waals surface area contributed by atoms with Crippen molar-refractivity contribution in [3.8, 4) is 0 Å². The molecule has 0 bridgehead atoms. The Morgan fingerprint density at radius 1 is 0.897 bits per heavy atom. The van der Waals surface area contributed by atoms with E-state index in [0.717, 1.165) is 30.5 Å². The van der Waals surface area contributed by atoms with Gasteiger partial charge in [0.1, 0.15) is 6.54 Å². The third-order valence-electron chi connectivity index (χ3n) is 5.51. The predicted molar refractivity (Wildman–Crippen MR) is 125 cm³/mol. The molecule has 2 aromatic carbocycles. The van der Waals surface area contributed by atoms with E-state index >= 15 is 0 Å². The van der Waals surface area contributed by atoms with Gasteiger partial charge in [0.2, 0.25) is 5.91 Å². The van der Waals surface area contributed by atoms with Crippen LogP contribution < -0.4 is 5.32 Å². The summed E-state index contributed by atoms with van der Waals surface area (Å²) < 4.78 is 0.880. The molecule has 2 aromatic rings. The molecule has 0 spiro atoms. The summed E-state index contributed by atoms with van der Waals surface area (Å²) in [4.78, 5) is 11.7. The van der Waals surface area contributed by atoms with Crippen LogP contribution in [0.3, 0.4) is 0 Å². The van der Waals surface area contributed by atoms with Gasteiger partial charge in [-0.05, 0) is 24.3 Å². The second-order valence-electron chi connectivity index (χ2n) is 8.62. The number of amides is 1. The standard InChI is InChI=1S/C16H26N2O.C10H14/c1-5-14(2)16(19)17-11-12-18(3,4)13-15-9-7-6-8-10-15;1-3-9(2)10-7-5-4-6-8-10/h6-10,14H,5,11-13H2,1-4H3;4-9H,3H2,1-2H3/p+1. The van der Waals surface area contributed by atoms with Gasteiger partial charge in [0.05, 0.1) is 27.2 Å². The largest absolute Gasteiger partial charge is 0.350 e. The summed E-state index contributed by atoms with van der Waals surface area (Å²) in [5, 5.41) is 3.02. The molecule has 0 aliphatic heterocycles. The van der Waals surface area contributed by atoms with E-state index in [1.807, 2.05) is 19.9 Å². The maximum Gasteiger partial charge on any atom is 0.223 e. The Morgan fingerprint density at radius 3 is 1.97 bits per heavy atom. The quantitative estimate of drug-likeness (QED) is 0.546. The average molecular weight is 398 g/mol. The van der Waals surface area contributed by atoms with E-state index in [1.54, 1.807) is 0 Å². The fourth-order valence-electron chi connectivity index (χ4n) is 3.02. The van der Waals surface area contributed by atoms with Crippen LogP contribution in [0.1, 0.15) is 57.6 Å². The topological polar surface area (TPSA) is 29.1 Å². The van der Waals surface area contributed by atoms with E-state index in [0.29, 0.717) is 5.92 Å². The number of benzene rings is 2. The molecule has 0 saturated carbocycles. The van der Waals surface area contributed by atoms with E-state index < -0.39 is 0 Å². The minimum atomic E-state index is 0.115. The van der Waals surface area contributed by atoms with E-state index in [-0.39, 0.29) is 11.8 Å². The highest BCUT2D eigenvalue weighted by atomic mass is 16.1. The first-order valence-electron chi connectivity index (χ1n) is 11.0. The van der Waals surface area contributed by atoms with Crippen molar-refractivity contribution in [3.05, 3.63) is 71.8 Å². The average Bonchev–Trinajstić information content (AvgIpc) is 2.73. The number of hydrogen-bond donors (Lipinski definition) is 1. The molecule has 1 amide bonds. The smallest absolute Gasteiger partial charge is 0.223 e. The molecule has 29 heavy (non-hydrogen) atoms. The molecule has 0 aliphatic carbocycles. The minimum absolute atomic E-state index is 0.115. The van der Waals surface area contributed by atoms with Gasteiger partial charge in [-0.2, -0.15) is 0 Å². The van der Waals surface area contributed by atoms with Crippen molar-refractivity contribution in [1.29, 1.82) is 0 Å². The van der Waals surface area contributed by atoms with Gasteiger partial charge in [-0.25, -0.2) is 0 Å². The molecule has 2 rings (SSSR count). The van der Waals surface area contributed by atoms with Crippen LogP contribution >= 0.6 is 0 Å². The van der Waals surface area contributed by atoms with Crippen molar-refractivity contribution < 1.29 is 9.28 Å². The molecular formula is C26H41N2O+. The first-order valence-corrected chi connectivity index (χ1v) is 11.0. The Hall–Kier alpha value is -2.13. The molecular weight excluding hydrogens is 356 g/mol. The molecule has 0 saturated heterocycles. The van der Waals surface area contributed by atoms with E-state index in [4.69, 9.17) is 0 Å². The zero-order chi connectivity index (χ0) is 21.7. The molecule has 2 unspecified atom stereocenters. The first kappa shape index (κ1) is 24.9. The van der Waals surface area contributed by atoms with Gasteiger partial charge in [0.25, 0.3) is 0 Å². The molecule has 0 aliphatic rings. The lowest BCUT2D eigenvalue weighted by Gasteiger charge is -2.30. The summed E-state index contributed by atoms with van der Waals surface area (Å²) in [5.74, 6) is 0.994. The molecule has 0 aromatic heterocycles. The fourth-order valence-corrected chi connectivity index (χ4v) is 3.02. The van der Waals surface area contributed by atoms with E-state index in [2.05, 4.69) is 87.9 Å². The number of hydrogen-bond acceptors (Lipinski definition) is 1. The monoisotopic (exact) mass is 397 g/mol. The van der Waals surface area contributed by atoms with Crippen LogP contribution in [0, 0.1) is 5.92 Å². The lowest BCUT2D eigenvalue weighted by Crippen LogP contribution is -2.45. The van der Waals surface area contributed by atoms with Gasteiger partial charge in [-0.1, -0.05) is 88.4 Å². The Kier molecular flexibility index (Phi) is 11.3. The third-order valence-corrected chi connectivity index (χ3v) is 5.51. The number of nitrogens with zero attached hydrogens (tertiary/aromatic N) is 1. The van der Waals surface area contributed by atoms with Gasteiger partial charge in [0, 0.05) is 11.5 Å². The number of quaternary nitrogens is 1. The SMILES string of the molecule is CCC(C)C(=O)NCC[N+](C)(C)Cc1ccccc1.CCC(C)c1ccccc1. The van der Waals surface area contributed by atoms with Crippen molar-refractivity contribution in [2.75, 3.05) is 27.2 Å². The zero-order valence-corrected chi connectivity index (χ0v) is 19.3. The van der Waals surface area contributed by atoms with Crippen LogP contribution in [0.15, 0.2) is 60.7 Å². The Balaban J connectivity index is 0.000000352. The number of carbonyl (C=O) groups is 1. The molecule has 0 radical (unpaired) electrons. The fraction of sp³-hybridized carbons (Fsp3) is 0.500. The Morgan fingerprint density at radius 2 is 1.45 bits per heavy atom. The zero-order valence-electron chi connectivity index (χ0n) is 19.3. The summed E-state index contributed by atoms with van der Waals surface area (Å²) in [5.41, 5.74) is 2.78. The van der Waals surface area contributed by atoms with Crippen molar-refractivity contribution >= 4 is 5.91 Å². The van der Waals surface area contributed by atoms with Crippen LogP contribution in [0.4, 0.5) is 0 Å². The molecule has 3 nitrogen and oxygen atoms in total.